The highest BCUT2D eigenvalue weighted by atomic mass is 14.3. The quantitative estimate of drug-likeness (QED) is 0.234. The average molecular weight is 473 g/mol. The Bertz CT molecular complexity index is 1630. The van der Waals surface area contributed by atoms with Crippen molar-refractivity contribution in [1.29, 1.82) is 0 Å². The molecule has 0 aliphatic heterocycles. The van der Waals surface area contributed by atoms with E-state index < -0.39 is 0 Å². The molecule has 0 heteroatoms. The topological polar surface area (TPSA) is 0 Å². The van der Waals surface area contributed by atoms with Crippen molar-refractivity contribution in [3.63, 3.8) is 0 Å². The molecule has 0 radical (unpaired) electrons. The lowest BCUT2D eigenvalue weighted by molar-refractivity contribution is 1.45. The van der Waals surface area contributed by atoms with E-state index in [1.807, 2.05) is 0 Å². The van der Waals surface area contributed by atoms with Gasteiger partial charge in [-0.25, -0.2) is 0 Å². The molecule has 0 amide bonds. The number of rotatable bonds is 5. The summed E-state index contributed by atoms with van der Waals surface area (Å²) in [6.07, 6.45) is 0. The Morgan fingerprint density at radius 2 is 0.676 bits per heavy atom. The third-order valence-electron chi connectivity index (χ3n) is 7.03. The summed E-state index contributed by atoms with van der Waals surface area (Å²) in [6.45, 7) is 2.21. The smallest absolute Gasteiger partial charge is 0.00143 e. The highest BCUT2D eigenvalue weighted by molar-refractivity contribution is 6.07. The van der Waals surface area contributed by atoms with Crippen LogP contribution in [0.2, 0.25) is 0 Å². The van der Waals surface area contributed by atoms with E-state index in [4.69, 9.17) is 0 Å². The molecule has 0 nitrogen and oxygen atoms in total. The zero-order valence-corrected chi connectivity index (χ0v) is 20.9. The maximum Gasteiger partial charge on any atom is -0.00143 e. The minimum atomic E-state index is 1.22. The van der Waals surface area contributed by atoms with Gasteiger partial charge in [0.15, 0.2) is 0 Å². The van der Waals surface area contributed by atoms with Gasteiger partial charge < -0.3 is 0 Å². The van der Waals surface area contributed by atoms with Gasteiger partial charge >= 0.3 is 0 Å². The summed E-state index contributed by atoms with van der Waals surface area (Å²) in [5.41, 5.74) is 13.7. The predicted octanol–water partition coefficient (Wildman–Crippen LogP) is 10.3. The van der Waals surface area contributed by atoms with Crippen molar-refractivity contribution >= 4 is 0 Å². The van der Waals surface area contributed by atoms with Crippen LogP contribution in [0.4, 0.5) is 0 Å². The Hall–Kier alpha value is -4.68. The first-order chi connectivity index (χ1) is 18.3. The van der Waals surface area contributed by atoms with Crippen LogP contribution in [0.5, 0.6) is 0 Å². The van der Waals surface area contributed by atoms with Crippen LogP contribution in [-0.4, -0.2) is 0 Å². The van der Waals surface area contributed by atoms with Crippen molar-refractivity contribution in [3.05, 3.63) is 157 Å². The van der Waals surface area contributed by atoms with Gasteiger partial charge in [0.05, 0.1) is 0 Å². The molecule has 0 heterocycles. The number of benzene rings is 6. The van der Waals surface area contributed by atoms with Crippen molar-refractivity contribution in [1.82, 2.24) is 0 Å². The summed E-state index contributed by atoms with van der Waals surface area (Å²) in [7, 11) is 0. The molecule has 6 aromatic rings. The van der Waals surface area contributed by atoms with Gasteiger partial charge in [0.25, 0.3) is 0 Å². The lowest BCUT2D eigenvalue weighted by Gasteiger charge is -2.25. The molecule has 0 aliphatic rings. The van der Waals surface area contributed by atoms with Crippen molar-refractivity contribution < 1.29 is 0 Å². The first-order valence-electron chi connectivity index (χ1n) is 12.8. The summed E-state index contributed by atoms with van der Waals surface area (Å²) in [5.74, 6) is 0. The molecule has 0 saturated heterocycles. The predicted molar refractivity (Wildman–Crippen MR) is 158 cm³/mol. The van der Waals surface area contributed by atoms with Gasteiger partial charge in [-0.05, 0) is 74.2 Å². The number of hydrogen-bond acceptors (Lipinski definition) is 0. The second kappa shape index (κ2) is 10.1. The molecule has 6 aromatic carbocycles. The molecule has 0 unspecified atom stereocenters. The summed E-state index contributed by atoms with van der Waals surface area (Å²) >= 11 is 0. The second-order valence-corrected chi connectivity index (χ2v) is 9.38. The van der Waals surface area contributed by atoms with E-state index in [-0.39, 0.29) is 0 Å². The van der Waals surface area contributed by atoms with Gasteiger partial charge in [0.1, 0.15) is 0 Å². The second-order valence-electron chi connectivity index (χ2n) is 9.38. The van der Waals surface area contributed by atoms with Gasteiger partial charge in [-0.15, -0.1) is 0 Å². The van der Waals surface area contributed by atoms with Crippen LogP contribution < -0.4 is 0 Å². The van der Waals surface area contributed by atoms with Gasteiger partial charge in [-0.1, -0.05) is 146 Å². The molecule has 0 spiro atoms. The van der Waals surface area contributed by atoms with Gasteiger partial charge in [0.2, 0.25) is 0 Å². The largest absolute Gasteiger partial charge is 0.0622 e. The SMILES string of the molecule is Cc1ccccc1-c1cc(-c2ccccc2)c(-c2ccccc2)c(-c2ccccc2)c1-c1ccccc1. The monoisotopic (exact) mass is 472 g/mol. The van der Waals surface area contributed by atoms with Crippen molar-refractivity contribution in [2.45, 2.75) is 6.92 Å². The van der Waals surface area contributed by atoms with Crippen molar-refractivity contribution in [2.75, 3.05) is 0 Å². The molecule has 0 fully saturated rings. The molecule has 0 atom stereocenters. The van der Waals surface area contributed by atoms with Crippen LogP contribution in [0.1, 0.15) is 5.56 Å². The third-order valence-corrected chi connectivity index (χ3v) is 7.03. The molecule has 0 aliphatic carbocycles. The first kappa shape index (κ1) is 22.8. The standard InChI is InChI=1S/C37H28/c1-27-16-14-15-25-32(27)34-26-33(28-17-6-2-7-18-28)35(29-19-8-3-9-20-29)37(31-23-12-5-13-24-31)36(34)30-21-10-4-11-22-30/h2-26H,1H3. The van der Waals surface area contributed by atoms with E-state index in [9.17, 15) is 0 Å². The molecular formula is C37H28. The summed E-state index contributed by atoms with van der Waals surface area (Å²) in [5, 5.41) is 0. The van der Waals surface area contributed by atoms with E-state index >= 15 is 0 Å². The van der Waals surface area contributed by atoms with E-state index in [0.29, 0.717) is 0 Å². The zero-order chi connectivity index (χ0) is 25.0. The highest BCUT2D eigenvalue weighted by Gasteiger charge is 2.23. The summed E-state index contributed by atoms with van der Waals surface area (Å²) in [6, 6.07) is 54.5. The Kier molecular flexibility index (Phi) is 6.23. The molecule has 0 aromatic heterocycles. The number of aryl methyl sites for hydroxylation is 1. The molecule has 0 bridgehead atoms. The third kappa shape index (κ3) is 4.39. The van der Waals surface area contributed by atoms with Crippen LogP contribution in [0, 0.1) is 6.92 Å². The lowest BCUT2D eigenvalue weighted by Crippen LogP contribution is -1.98. The Labute approximate surface area is 219 Å². The van der Waals surface area contributed by atoms with Crippen molar-refractivity contribution in [3.8, 4) is 55.6 Å². The maximum absolute atomic E-state index is 2.41. The van der Waals surface area contributed by atoms with E-state index in [2.05, 4.69) is 159 Å². The van der Waals surface area contributed by atoms with Crippen molar-refractivity contribution in [2.24, 2.45) is 0 Å². The van der Waals surface area contributed by atoms with Crippen LogP contribution >= 0.6 is 0 Å². The molecule has 176 valence electrons. The number of hydrogen-bond donors (Lipinski definition) is 0. The van der Waals surface area contributed by atoms with Crippen LogP contribution in [0.15, 0.2) is 152 Å². The van der Waals surface area contributed by atoms with Gasteiger partial charge in [-0.2, -0.15) is 0 Å². The summed E-state index contributed by atoms with van der Waals surface area (Å²) < 4.78 is 0. The zero-order valence-electron chi connectivity index (χ0n) is 20.9. The summed E-state index contributed by atoms with van der Waals surface area (Å²) in [4.78, 5) is 0. The fourth-order valence-electron chi connectivity index (χ4n) is 5.32. The molecule has 0 saturated carbocycles. The van der Waals surface area contributed by atoms with E-state index in [1.54, 1.807) is 0 Å². The Morgan fingerprint density at radius 1 is 0.297 bits per heavy atom. The van der Waals surface area contributed by atoms with Crippen LogP contribution in [0.3, 0.4) is 0 Å². The van der Waals surface area contributed by atoms with E-state index in [1.165, 1.54) is 61.2 Å². The van der Waals surface area contributed by atoms with Crippen LogP contribution in [0.25, 0.3) is 55.6 Å². The maximum atomic E-state index is 2.41. The minimum absolute atomic E-state index is 1.22. The Balaban J connectivity index is 1.86. The molecule has 6 rings (SSSR count). The first-order valence-corrected chi connectivity index (χ1v) is 12.8. The molecule has 0 N–H and O–H groups in total. The molecule has 37 heavy (non-hydrogen) atoms. The van der Waals surface area contributed by atoms with Gasteiger partial charge in [-0.3, -0.25) is 0 Å². The van der Waals surface area contributed by atoms with Gasteiger partial charge in [0, 0.05) is 0 Å². The fourth-order valence-corrected chi connectivity index (χ4v) is 5.32. The highest BCUT2D eigenvalue weighted by Crippen LogP contribution is 2.50. The lowest BCUT2D eigenvalue weighted by atomic mass is 9.78. The fraction of sp³-hybridized carbons (Fsp3) is 0.0270. The normalized spacial score (nSPS) is 10.8. The van der Waals surface area contributed by atoms with E-state index in [0.717, 1.165) is 0 Å². The van der Waals surface area contributed by atoms with Crippen LogP contribution in [-0.2, 0) is 0 Å². The minimum Gasteiger partial charge on any atom is -0.0622 e. The Morgan fingerprint density at radius 3 is 1.16 bits per heavy atom. The average Bonchev–Trinajstić information content (AvgIpc) is 2.98. The molecular weight excluding hydrogens is 444 g/mol.